The van der Waals surface area contributed by atoms with Gasteiger partial charge in [0.1, 0.15) is 5.82 Å². The third-order valence-electron chi connectivity index (χ3n) is 1.57. The molecule has 0 heterocycles. The van der Waals surface area contributed by atoms with Crippen LogP contribution in [-0.4, -0.2) is 11.1 Å². The van der Waals surface area contributed by atoms with Crippen LogP contribution in [-0.2, 0) is 4.79 Å². The molecule has 1 aromatic carbocycles. The third kappa shape index (κ3) is 2.85. The maximum atomic E-state index is 13.2. The van der Waals surface area contributed by atoms with Gasteiger partial charge in [-0.1, -0.05) is 35.9 Å². The van der Waals surface area contributed by atoms with Crippen LogP contribution < -0.4 is 0 Å². The van der Waals surface area contributed by atoms with E-state index in [0.717, 1.165) is 0 Å². The zero-order valence-corrected chi connectivity index (χ0v) is 7.96. The molecule has 0 atom stereocenters. The van der Waals surface area contributed by atoms with E-state index in [0.29, 0.717) is 5.56 Å². The lowest BCUT2D eigenvalue weighted by atomic mass is 10.2. The van der Waals surface area contributed by atoms with Crippen LogP contribution in [0.2, 0.25) is 5.02 Å². The molecule has 0 amide bonds. The van der Waals surface area contributed by atoms with Crippen molar-refractivity contribution in [1.29, 1.82) is 0 Å². The van der Waals surface area contributed by atoms with Crippen molar-refractivity contribution in [3.63, 3.8) is 0 Å². The molecule has 0 aliphatic heterocycles. The second kappa shape index (κ2) is 4.77. The van der Waals surface area contributed by atoms with E-state index < -0.39 is 11.8 Å². The van der Waals surface area contributed by atoms with E-state index in [1.165, 1.54) is 24.3 Å². The van der Waals surface area contributed by atoms with Crippen LogP contribution in [0.3, 0.4) is 0 Å². The lowest BCUT2D eigenvalue weighted by Crippen LogP contribution is -1.90. The number of aliphatic carboxylic acids is 1. The van der Waals surface area contributed by atoms with Crippen molar-refractivity contribution in [1.82, 2.24) is 0 Å². The number of rotatable bonds is 3. The van der Waals surface area contributed by atoms with Gasteiger partial charge < -0.3 is 5.11 Å². The quantitative estimate of drug-likeness (QED) is 0.840. The Morgan fingerprint density at radius 3 is 2.93 bits per heavy atom. The summed E-state index contributed by atoms with van der Waals surface area (Å²) in [5.74, 6) is -1.49. The van der Waals surface area contributed by atoms with Crippen molar-refractivity contribution in [2.75, 3.05) is 0 Å². The molecule has 2 nitrogen and oxygen atoms in total. The lowest BCUT2D eigenvalue weighted by Gasteiger charge is -1.97. The Bertz CT molecular complexity index is 374. The van der Waals surface area contributed by atoms with Crippen LogP contribution in [0.4, 0.5) is 4.39 Å². The minimum absolute atomic E-state index is 0.0301. The SMILES string of the molecule is O=C(O)C/C=C/c1cccc(Cl)c1F. The Hall–Kier alpha value is -1.35. The number of halogens is 2. The Morgan fingerprint density at radius 2 is 2.29 bits per heavy atom. The fourth-order valence-electron chi connectivity index (χ4n) is 0.936. The molecular weight excluding hydrogens is 207 g/mol. The van der Waals surface area contributed by atoms with E-state index in [9.17, 15) is 9.18 Å². The first-order valence-electron chi connectivity index (χ1n) is 3.93. The van der Waals surface area contributed by atoms with Gasteiger partial charge >= 0.3 is 5.97 Å². The molecule has 0 radical (unpaired) electrons. The molecule has 0 fully saturated rings. The van der Waals surface area contributed by atoms with E-state index in [1.54, 1.807) is 6.07 Å². The second-order valence-corrected chi connectivity index (χ2v) is 3.05. The van der Waals surface area contributed by atoms with Crippen LogP contribution in [0, 0.1) is 5.82 Å². The molecule has 14 heavy (non-hydrogen) atoms. The van der Waals surface area contributed by atoms with Gasteiger partial charge in [-0.2, -0.15) is 0 Å². The summed E-state index contributed by atoms with van der Waals surface area (Å²) in [4.78, 5) is 10.2. The molecule has 1 rings (SSSR count). The van der Waals surface area contributed by atoms with Gasteiger partial charge in [0, 0.05) is 5.56 Å². The van der Waals surface area contributed by atoms with Crippen LogP contribution in [0.15, 0.2) is 24.3 Å². The van der Waals surface area contributed by atoms with E-state index in [2.05, 4.69) is 0 Å². The van der Waals surface area contributed by atoms with Gasteiger partial charge in [-0.15, -0.1) is 0 Å². The first-order valence-corrected chi connectivity index (χ1v) is 4.31. The van der Waals surface area contributed by atoms with Crippen molar-refractivity contribution in [3.05, 3.63) is 40.7 Å². The standard InChI is InChI=1S/C10H8ClFO2/c11-8-5-1-3-7(10(8)12)4-2-6-9(13)14/h1-5H,6H2,(H,13,14)/b4-2+. The van der Waals surface area contributed by atoms with Crippen LogP contribution >= 0.6 is 11.6 Å². The van der Waals surface area contributed by atoms with Gasteiger partial charge in [-0.05, 0) is 6.07 Å². The molecule has 0 aliphatic rings. The summed E-state index contributed by atoms with van der Waals surface area (Å²) in [7, 11) is 0. The van der Waals surface area contributed by atoms with Gasteiger partial charge in [0.25, 0.3) is 0 Å². The number of hydrogen-bond donors (Lipinski definition) is 1. The first-order chi connectivity index (χ1) is 6.61. The van der Waals surface area contributed by atoms with Crippen molar-refractivity contribution in [2.45, 2.75) is 6.42 Å². The van der Waals surface area contributed by atoms with E-state index in [-0.39, 0.29) is 11.4 Å². The van der Waals surface area contributed by atoms with Gasteiger partial charge in [-0.3, -0.25) is 4.79 Å². The molecule has 74 valence electrons. The molecule has 0 spiro atoms. The largest absolute Gasteiger partial charge is 0.481 e. The lowest BCUT2D eigenvalue weighted by molar-refractivity contribution is -0.135. The van der Waals surface area contributed by atoms with E-state index >= 15 is 0 Å². The summed E-state index contributed by atoms with van der Waals surface area (Å²) in [5.41, 5.74) is 0.291. The molecule has 4 heteroatoms. The summed E-state index contributed by atoms with van der Waals surface area (Å²) in [6.07, 6.45) is 2.64. The topological polar surface area (TPSA) is 37.3 Å². The Kier molecular flexibility index (Phi) is 3.65. The number of hydrogen-bond acceptors (Lipinski definition) is 1. The van der Waals surface area contributed by atoms with Crippen molar-refractivity contribution in [2.24, 2.45) is 0 Å². The summed E-state index contributed by atoms with van der Waals surface area (Å²) in [5, 5.41) is 8.37. The monoisotopic (exact) mass is 214 g/mol. The second-order valence-electron chi connectivity index (χ2n) is 2.64. The number of benzene rings is 1. The Balaban J connectivity index is 2.81. The minimum Gasteiger partial charge on any atom is -0.481 e. The summed E-state index contributed by atoms with van der Waals surface area (Å²) in [6, 6.07) is 4.57. The van der Waals surface area contributed by atoms with Crippen molar-refractivity contribution in [3.8, 4) is 0 Å². The summed E-state index contributed by atoms with van der Waals surface area (Å²) >= 11 is 5.53. The molecule has 0 aromatic heterocycles. The summed E-state index contributed by atoms with van der Waals surface area (Å²) < 4.78 is 13.2. The van der Waals surface area contributed by atoms with Gasteiger partial charge in [-0.25, -0.2) is 4.39 Å². The van der Waals surface area contributed by atoms with Gasteiger partial charge in [0.15, 0.2) is 0 Å². The molecule has 0 bridgehead atoms. The van der Waals surface area contributed by atoms with Crippen LogP contribution in [0.1, 0.15) is 12.0 Å². The Morgan fingerprint density at radius 1 is 1.57 bits per heavy atom. The molecule has 0 saturated heterocycles. The average Bonchev–Trinajstić information content (AvgIpc) is 2.12. The molecule has 0 unspecified atom stereocenters. The predicted molar refractivity (Wildman–Crippen MR) is 52.7 cm³/mol. The number of carboxylic acids is 1. The minimum atomic E-state index is -0.955. The highest BCUT2D eigenvalue weighted by molar-refractivity contribution is 6.30. The van der Waals surface area contributed by atoms with Crippen molar-refractivity contribution < 1.29 is 14.3 Å². The fraction of sp³-hybridized carbons (Fsp3) is 0.100. The van der Waals surface area contributed by atoms with Gasteiger partial charge in [0.05, 0.1) is 11.4 Å². The first kappa shape index (κ1) is 10.7. The van der Waals surface area contributed by atoms with Crippen molar-refractivity contribution >= 4 is 23.6 Å². The molecule has 1 aromatic rings. The maximum Gasteiger partial charge on any atom is 0.307 e. The fourth-order valence-corrected chi connectivity index (χ4v) is 1.12. The van der Waals surface area contributed by atoms with E-state index in [1.807, 2.05) is 0 Å². The number of carboxylic acid groups (broad SMARTS) is 1. The molecule has 0 aliphatic carbocycles. The maximum absolute atomic E-state index is 13.2. The van der Waals surface area contributed by atoms with Crippen LogP contribution in [0.25, 0.3) is 6.08 Å². The zero-order chi connectivity index (χ0) is 10.6. The normalized spacial score (nSPS) is 10.7. The molecule has 1 N–H and O–H groups in total. The summed E-state index contributed by atoms with van der Waals surface area (Å²) in [6.45, 7) is 0. The highest BCUT2D eigenvalue weighted by Crippen LogP contribution is 2.18. The highest BCUT2D eigenvalue weighted by Gasteiger charge is 2.02. The highest BCUT2D eigenvalue weighted by atomic mass is 35.5. The van der Waals surface area contributed by atoms with Gasteiger partial charge in [0.2, 0.25) is 0 Å². The smallest absolute Gasteiger partial charge is 0.307 e. The number of carbonyl (C=O) groups is 1. The Labute approximate surface area is 85.6 Å². The molecular formula is C10H8ClFO2. The predicted octanol–water partition coefficient (Wildman–Crippen LogP) is 2.97. The van der Waals surface area contributed by atoms with Crippen LogP contribution in [0.5, 0.6) is 0 Å². The molecule has 0 saturated carbocycles. The zero-order valence-electron chi connectivity index (χ0n) is 7.21. The third-order valence-corrected chi connectivity index (χ3v) is 1.86. The van der Waals surface area contributed by atoms with E-state index in [4.69, 9.17) is 16.7 Å². The average molecular weight is 215 g/mol.